The van der Waals surface area contributed by atoms with Crippen LogP contribution < -0.4 is 0 Å². The smallest absolute Gasteiger partial charge is 0.135 e. The van der Waals surface area contributed by atoms with E-state index in [1.54, 1.807) is 0 Å². The average molecular weight is 1030 g/mol. The average Bonchev–Trinajstić information content (AvgIpc) is 4.12. The molecule has 80 heavy (non-hydrogen) atoms. The molecule has 0 spiro atoms. The van der Waals surface area contributed by atoms with Gasteiger partial charge in [-0.3, -0.25) is 0 Å². The van der Waals surface area contributed by atoms with Gasteiger partial charge in [0.2, 0.25) is 0 Å². The van der Waals surface area contributed by atoms with Gasteiger partial charge in [-0.1, -0.05) is 194 Å². The number of furan rings is 2. The summed E-state index contributed by atoms with van der Waals surface area (Å²) in [6.07, 6.45) is 6.06. The fraction of sp³-hybridized carbons (Fsp3) is 0.0789. The van der Waals surface area contributed by atoms with E-state index in [2.05, 4.69) is 243 Å². The third kappa shape index (κ3) is 10.1. The van der Waals surface area contributed by atoms with Crippen molar-refractivity contribution in [3.05, 3.63) is 289 Å². The number of benzene rings is 10. The number of rotatable bonds is 15. The second-order valence-corrected chi connectivity index (χ2v) is 21.1. The molecular formula is C76H56N2O2. The van der Waals surface area contributed by atoms with Crippen molar-refractivity contribution in [2.75, 3.05) is 0 Å². The summed E-state index contributed by atoms with van der Waals surface area (Å²) in [6, 6.07) is 95.4. The summed E-state index contributed by atoms with van der Waals surface area (Å²) in [5.41, 5.74) is 24.3. The quantitative estimate of drug-likeness (QED) is 0.103. The molecule has 0 N–H and O–H groups in total. The number of aromatic nitrogens is 2. The van der Waals surface area contributed by atoms with Crippen LogP contribution in [0.5, 0.6) is 0 Å². The molecule has 0 radical (unpaired) electrons. The van der Waals surface area contributed by atoms with E-state index in [4.69, 9.17) is 18.8 Å². The van der Waals surface area contributed by atoms with Crippen LogP contribution in [0.4, 0.5) is 0 Å². The van der Waals surface area contributed by atoms with Crippen LogP contribution in [0.25, 0.3) is 122 Å². The van der Waals surface area contributed by atoms with E-state index in [0.717, 1.165) is 150 Å². The molecule has 0 saturated carbocycles. The topological polar surface area (TPSA) is 52.1 Å². The van der Waals surface area contributed by atoms with Gasteiger partial charge in [0.05, 0.1) is 22.8 Å². The highest BCUT2D eigenvalue weighted by Crippen LogP contribution is 2.38. The number of hydrogen-bond acceptors (Lipinski definition) is 4. The molecule has 0 bridgehead atoms. The van der Waals surface area contributed by atoms with Crippen molar-refractivity contribution >= 4 is 43.9 Å². The zero-order valence-corrected chi connectivity index (χ0v) is 44.4. The predicted octanol–water partition coefficient (Wildman–Crippen LogP) is 20.3. The van der Waals surface area contributed by atoms with Crippen molar-refractivity contribution in [1.29, 1.82) is 0 Å². The Bertz CT molecular complexity index is 4080. The summed E-state index contributed by atoms with van der Waals surface area (Å²) in [5.74, 6) is 0. The van der Waals surface area contributed by atoms with Crippen LogP contribution in [0.2, 0.25) is 0 Å². The molecule has 4 nitrogen and oxygen atoms in total. The van der Waals surface area contributed by atoms with Crippen molar-refractivity contribution in [3.8, 4) is 78.4 Å². The predicted molar refractivity (Wildman–Crippen MR) is 332 cm³/mol. The van der Waals surface area contributed by atoms with Crippen molar-refractivity contribution in [2.24, 2.45) is 0 Å². The highest BCUT2D eigenvalue weighted by Gasteiger charge is 2.15. The summed E-state index contributed by atoms with van der Waals surface area (Å²) in [5, 5.41) is 4.59. The maximum absolute atomic E-state index is 6.41. The van der Waals surface area contributed by atoms with Gasteiger partial charge >= 0.3 is 0 Å². The molecule has 4 aromatic heterocycles. The molecule has 4 heteroatoms. The molecule has 0 atom stereocenters. The second kappa shape index (κ2) is 21.5. The molecule has 0 fully saturated rings. The first kappa shape index (κ1) is 48.5. The summed E-state index contributed by atoms with van der Waals surface area (Å²) < 4.78 is 12.8. The maximum Gasteiger partial charge on any atom is 0.135 e. The van der Waals surface area contributed by atoms with E-state index >= 15 is 0 Å². The van der Waals surface area contributed by atoms with E-state index in [1.165, 1.54) is 33.4 Å². The number of hydrogen-bond donors (Lipinski definition) is 0. The molecule has 382 valence electrons. The monoisotopic (exact) mass is 1030 g/mol. The van der Waals surface area contributed by atoms with Crippen LogP contribution in [-0.4, -0.2) is 9.97 Å². The van der Waals surface area contributed by atoms with Crippen LogP contribution in [0.3, 0.4) is 0 Å². The fourth-order valence-corrected chi connectivity index (χ4v) is 11.5. The number of nitrogens with zero attached hydrogens (tertiary/aromatic N) is 2. The zero-order valence-electron chi connectivity index (χ0n) is 44.4. The minimum atomic E-state index is 0.904. The largest absolute Gasteiger partial charge is 0.456 e. The van der Waals surface area contributed by atoms with E-state index in [1.807, 2.05) is 24.3 Å². The van der Waals surface area contributed by atoms with Crippen molar-refractivity contribution in [1.82, 2.24) is 9.97 Å². The van der Waals surface area contributed by atoms with Gasteiger partial charge in [0.15, 0.2) is 0 Å². The van der Waals surface area contributed by atoms with Crippen LogP contribution in [0.1, 0.15) is 35.1 Å². The Morgan fingerprint density at radius 2 is 0.487 bits per heavy atom. The zero-order chi connectivity index (χ0) is 53.2. The van der Waals surface area contributed by atoms with Crippen molar-refractivity contribution in [3.63, 3.8) is 0 Å². The van der Waals surface area contributed by atoms with Crippen LogP contribution in [-0.2, 0) is 25.7 Å². The van der Waals surface area contributed by atoms with Crippen molar-refractivity contribution in [2.45, 2.75) is 38.5 Å². The van der Waals surface area contributed by atoms with Crippen LogP contribution in [0.15, 0.2) is 276 Å². The first-order chi connectivity index (χ1) is 39.6. The van der Waals surface area contributed by atoms with Gasteiger partial charge < -0.3 is 8.83 Å². The number of pyridine rings is 2. The first-order valence-electron chi connectivity index (χ1n) is 27.9. The molecule has 14 aromatic rings. The summed E-state index contributed by atoms with van der Waals surface area (Å²) in [6.45, 7) is 0. The number of fused-ring (bicyclic) bond motifs is 6. The van der Waals surface area contributed by atoms with Crippen LogP contribution in [0, 0.1) is 0 Å². The molecule has 0 amide bonds. The molecule has 0 aliphatic carbocycles. The molecule has 0 unspecified atom stereocenters. The molecule has 10 aromatic carbocycles. The van der Waals surface area contributed by atoms with Gasteiger partial charge in [-0.15, -0.1) is 0 Å². The lowest BCUT2D eigenvalue weighted by Gasteiger charge is -2.11. The Labute approximate surface area is 466 Å². The van der Waals surface area contributed by atoms with Crippen molar-refractivity contribution < 1.29 is 8.83 Å². The second-order valence-electron chi connectivity index (χ2n) is 21.1. The van der Waals surface area contributed by atoms with Gasteiger partial charge in [-0.2, -0.15) is 0 Å². The molecule has 0 saturated heterocycles. The Kier molecular flexibility index (Phi) is 13.0. The van der Waals surface area contributed by atoms with E-state index in [9.17, 15) is 0 Å². The van der Waals surface area contributed by atoms with E-state index in [-0.39, 0.29) is 0 Å². The lowest BCUT2D eigenvalue weighted by atomic mass is 9.97. The third-order valence-electron chi connectivity index (χ3n) is 15.8. The fourth-order valence-electron chi connectivity index (χ4n) is 11.5. The Balaban J connectivity index is 0.645. The highest BCUT2D eigenvalue weighted by molar-refractivity contribution is 6.09. The van der Waals surface area contributed by atoms with Gasteiger partial charge in [-0.05, 0) is 167 Å². The standard InChI is InChI=1S/C76H56N2O2/c1-5-19-57(20-6-1)69-47-63(48-70(77-69)58-21-7-2-8-22-58)55-33-27-51(28-34-55)15-13-17-53-31-39-73-65(43-53)67-45-61(37-41-75(67)79-73)62-38-42-76-68(46-62)66-44-54(32-40-74(66)80-76)18-14-16-52-29-35-56(36-30-52)64-49-71(59-23-9-3-10-24-59)78-72(50-64)60-25-11-4-12-26-60/h1-12,19-50H,13-18H2. The third-order valence-corrected chi connectivity index (χ3v) is 15.8. The molecule has 0 aliphatic heterocycles. The molecular weight excluding hydrogens is 973 g/mol. The van der Waals surface area contributed by atoms with E-state index in [0.29, 0.717) is 0 Å². The maximum atomic E-state index is 6.41. The summed E-state index contributed by atoms with van der Waals surface area (Å²) >= 11 is 0. The Morgan fingerprint density at radius 1 is 0.212 bits per heavy atom. The summed E-state index contributed by atoms with van der Waals surface area (Å²) in [4.78, 5) is 10.2. The van der Waals surface area contributed by atoms with Gasteiger partial charge in [0.1, 0.15) is 22.3 Å². The SMILES string of the molecule is c1ccc(-c2cc(-c3ccc(CCCc4ccc5oc6ccc(-c7ccc8oc9ccc(CCCc%10ccc(-c%11cc(-c%12ccccc%12)nc(-c%12ccccc%12)c%11)cc%10)cc9c8c7)cc6c5c4)cc3)cc(-c3ccccc3)n2)cc1. The molecule has 14 rings (SSSR count). The summed E-state index contributed by atoms with van der Waals surface area (Å²) in [7, 11) is 0. The highest BCUT2D eigenvalue weighted by atomic mass is 16.3. The lowest BCUT2D eigenvalue weighted by molar-refractivity contribution is 0.668. The van der Waals surface area contributed by atoms with E-state index < -0.39 is 0 Å². The lowest BCUT2D eigenvalue weighted by Crippen LogP contribution is -1.92. The molecule has 4 heterocycles. The van der Waals surface area contributed by atoms with Gasteiger partial charge in [0, 0.05) is 43.8 Å². The van der Waals surface area contributed by atoms with Crippen LogP contribution >= 0.6 is 0 Å². The normalized spacial score (nSPS) is 11.6. The number of aryl methyl sites for hydroxylation is 4. The minimum absolute atomic E-state index is 0.904. The minimum Gasteiger partial charge on any atom is -0.456 e. The Hall–Kier alpha value is -9.90. The Morgan fingerprint density at radius 3 is 0.825 bits per heavy atom. The van der Waals surface area contributed by atoms with Gasteiger partial charge in [0.25, 0.3) is 0 Å². The first-order valence-corrected chi connectivity index (χ1v) is 27.9. The molecule has 0 aliphatic rings. The van der Waals surface area contributed by atoms with Gasteiger partial charge in [-0.25, -0.2) is 9.97 Å².